The van der Waals surface area contributed by atoms with Crippen LogP contribution in [0.1, 0.15) is 11.1 Å². The maximum Gasteiger partial charge on any atom is 0.0440 e. The normalized spacial score (nSPS) is 17.1. The first-order valence-corrected chi connectivity index (χ1v) is 5.09. The molecule has 1 saturated heterocycles. The van der Waals surface area contributed by atoms with Gasteiger partial charge in [0.05, 0.1) is 0 Å². The summed E-state index contributed by atoms with van der Waals surface area (Å²) in [5.74, 6) is 0.792. The number of halogens is 1. The SMILES string of the molecule is Cc1ccc(CC2CNC2)c(Cl)c1. The Kier molecular flexibility index (Phi) is 2.56. The van der Waals surface area contributed by atoms with Gasteiger partial charge in [0.25, 0.3) is 0 Å². The van der Waals surface area contributed by atoms with Gasteiger partial charge in [-0.05, 0) is 49.5 Å². The monoisotopic (exact) mass is 195 g/mol. The average Bonchev–Trinajstić information content (AvgIpc) is 1.99. The lowest BCUT2D eigenvalue weighted by Gasteiger charge is -2.27. The van der Waals surface area contributed by atoms with E-state index < -0.39 is 0 Å². The Balaban J connectivity index is 2.10. The number of aryl methyl sites for hydroxylation is 1. The minimum atomic E-state index is 0.792. The summed E-state index contributed by atoms with van der Waals surface area (Å²) in [6, 6.07) is 6.33. The Morgan fingerprint density at radius 1 is 1.46 bits per heavy atom. The van der Waals surface area contributed by atoms with Crippen LogP contribution in [0.2, 0.25) is 5.02 Å². The molecule has 1 aliphatic rings. The van der Waals surface area contributed by atoms with Crippen LogP contribution < -0.4 is 5.32 Å². The highest BCUT2D eigenvalue weighted by atomic mass is 35.5. The zero-order chi connectivity index (χ0) is 9.26. The molecule has 0 bridgehead atoms. The number of nitrogens with one attached hydrogen (secondary N) is 1. The molecule has 2 heteroatoms. The van der Waals surface area contributed by atoms with Gasteiger partial charge in [0.15, 0.2) is 0 Å². The molecular formula is C11H14ClN. The molecule has 1 nitrogen and oxygen atoms in total. The van der Waals surface area contributed by atoms with Crippen LogP contribution in [0.3, 0.4) is 0 Å². The summed E-state index contributed by atoms with van der Waals surface area (Å²) >= 11 is 6.13. The Morgan fingerprint density at radius 3 is 2.77 bits per heavy atom. The van der Waals surface area contributed by atoms with Gasteiger partial charge >= 0.3 is 0 Å². The van der Waals surface area contributed by atoms with Crippen molar-refractivity contribution in [3.8, 4) is 0 Å². The second-order valence-electron chi connectivity index (χ2n) is 3.82. The van der Waals surface area contributed by atoms with Crippen molar-refractivity contribution >= 4 is 11.6 Å². The summed E-state index contributed by atoms with van der Waals surface area (Å²) < 4.78 is 0. The molecule has 1 aliphatic heterocycles. The smallest absolute Gasteiger partial charge is 0.0440 e. The third-order valence-electron chi connectivity index (χ3n) is 2.58. The molecule has 13 heavy (non-hydrogen) atoms. The molecular weight excluding hydrogens is 182 g/mol. The van der Waals surface area contributed by atoms with E-state index in [-0.39, 0.29) is 0 Å². The molecule has 70 valence electrons. The average molecular weight is 196 g/mol. The van der Waals surface area contributed by atoms with Gasteiger partial charge in [-0.15, -0.1) is 0 Å². The second kappa shape index (κ2) is 3.69. The van der Waals surface area contributed by atoms with Crippen LogP contribution in [0, 0.1) is 12.8 Å². The van der Waals surface area contributed by atoms with Crippen LogP contribution in [0.5, 0.6) is 0 Å². The number of benzene rings is 1. The standard InChI is InChI=1S/C11H14ClN/c1-8-2-3-10(11(12)4-8)5-9-6-13-7-9/h2-4,9,13H,5-7H2,1H3. The van der Waals surface area contributed by atoms with Crippen LogP contribution >= 0.6 is 11.6 Å². The summed E-state index contributed by atoms with van der Waals surface area (Å²) in [5, 5.41) is 4.19. The molecule has 0 radical (unpaired) electrons. The van der Waals surface area contributed by atoms with Crippen molar-refractivity contribution in [1.82, 2.24) is 5.32 Å². The van der Waals surface area contributed by atoms with Crippen LogP contribution in [-0.2, 0) is 6.42 Å². The second-order valence-corrected chi connectivity index (χ2v) is 4.23. The molecule has 1 heterocycles. The Morgan fingerprint density at radius 2 is 2.23 bits per heavy atom. The molecule has 0 unspecified atom stereocenters. The first-order valence-electron chi connectivity index (χ1n) is 4.71. The van der Waals surface area contributed by atoms with E-state index in [2.05, 4.69) is 24.4 Å². The van der Waals surface area contributed by atoms with Crippen LogP contribution in [-0.4, -0.2) is 13.1 Å². The molecule has 0 spiro atoms. The lowest BCUT2D eigenvalue weighted by atomic mass is 9.94. The summed E-state index contributed by atoms with van der Waals surface area (Å²) in [5.41, 5.74) is 2.53. The minimum absolute atomic E-state index is 0.792. The van der Waals surface area contributed by atoms with Crippen LogP contribution in [0.25, 0.3) is 0 Å². The molecule has 0 aliphatic carbocycles. The van der Waals surface area contributed by atoms with E-state index in [1.54, 1.807) is 0 Å². The largest absolute Gasteiger partial charge is 0.316 e. The number of hydrogen-bond acceptors (Lipinski definition) is 1. The van der Waals surface area contributed by atoms with Gasteiger partial charge in [-0.1, -0.05) is 23.7 Å². The maximum atomic E-state index is 6.13. The third-order valence-corrected chi connectivity index (χ3v) is 2.94. The van der Waals surface area contributed by atoms with E-state index >= 15 is 0 Å². The van der Waals surface area contributed by atoms with Crippen molar-refractivity contribution in [2.24, 2.45) is 5.92 Å². The van der Waals surface area contributed by atoms with Crippen molar-refractivity contribution in [3.63, 3.8) is 0 Å². The molecule has 0 atom stereocenters. The molecule has 0 aromatic heterocycles. The quantitative estimate of drug-likeness (QED) is 0.765. The Hall–Kier alpha value is -0.530. The van der Waals surface area contributed by atoms with Gasteiger partial charge < -0.3 is 5.32 Å². The first-order chi connectivity index (χ1) is 6.25. The van der Waals surface area contributed by atoms with Gasteiger partial charge in [0, 0.05) is 5.02 Å². The minimum Gasteiger partial charge on any atom is -0.316 e. The van der Waals surface area contributed by atoms with Crippen molar-refractivity contribution in [3.05, 3.63) is 34.3 Å². The number of hydrogen-bond donors (Lipinski definition) is 1. The highest BCUT2D eigenvalue weighted by molar-refractivity contribution is 6.31. The molecule has 1 N–H and O–H groups in total. The molecule has 1 aromatic rings. The van der Waals surface area contributed by atoms with E-state index in [1.165, 1.54) is 11.1 Å². The van der Waals surface area contributed by atoms with Crippen molar-refractivity contribution < 1.29 is 0 Å². The van der Waals surface area contributed by atoms with E-state index in [1.807, 2.05) is 6.07 Å². The lowest BCUT2D eigenvalue weighted by molar-refractivity contribution is 0.346. The first kappa shape index (κ1) is 9.04. The highest BCUT2D eigenvalue weighted by Gasteiger charge is 2.17. The van der Waals surface area contributed by atoms with Gasteiger partial charge in [-0.2, -0.15) is 0 Å². The zero-order valence-corrected chi connectivity index (χ0v) is 8.56. The van der Waals surface area contributed by atoms with Gasteiger partial charge in [-0.25, -0.2) is 0 Å². The third kappa shape index (κ3) is 2.04. The molecule has 1 fully saturated rings. The van der Waals surface area contributed by atoms with Crippen molar-refractivity contribution in [2.75, 3.05) is 13.1 Å². The maximum absolute atomic E-state index is 6.13. The van der Waals surface area contributed by atoms with E-state index in [0.29, 0.717) is 0 Å². The topological polar surface area (TPSA) is 12.0 Å². The predicted molar refractivity (Wildman–Crippen MR) is 56.3 cm³/mol. The summed E-state index contributed by atoms with van der Waals surface area (Å²) in [7, 11) is 0. The Labute approximate surface area is 84.1 Å². The predicted octanol–water partition coefficient (Wildman–Crippen LogP) is 2.41. The van der Waals surface area contributed by atoms with Crippen LogP contribution in [0.4, 0.5) is 0 Å². The fourth-order valence-electron chi connectivity index (χ4n) is 1.62. The van der Waals surface area contributed by atoms with Gasteiger partial charge in [0.1, 0.15) is 0 Å². The zero-order valence-electron chi connectivity index (χ0n) is 7.81. The van der Waals surface area contributed by atoms with Gasteiger partial charge in [0.2, 0.25) is 0 Å². The highest BCUT2D eigenvalue weighted by Crippen LogP contribution is 2.21. The van der Waals surface area contributed by atoms with E-state index in [4.69, 9.17) is 11.6 Å². The van der Waals surface area contributed by atoms with Gasteiger partial charge in [-0.3, -0.25) is 0 Å². The van der Waals surface area contributed by atoms with E-state index in [9.17, 15) is 0 Å². The molecule has 0 saturated carbocycles. The summed E-state index contributed by atoms with van der Waals surface area (Å²) in [6.45, 7) is 4.36. The Bertz CT molecular complexity index is 305. The fraction of sp³-hybridized carbons (Fsp3) is 0.455. The van der Waals surface area contributed by atoms with Crippen molar-refractivity contribution in [1.29, 1.82) is 0 Å². The molecule has 2 rings (SSSR count). The summed E-state index contributed by atoms with van der Waals surface area (Å²) in [4.78, 5) is 0. The lowest BCUT2D eigenvalue weighted by Crippen LogP contribution is -2.43. The summed E-state index contributed by atoms with van der Waals surface area (Å²) in [6.07, 6.45) is 1.12. The molecule has 1 aromatic carbocycles. The number of rotatable bonds is 2. The molecule has 0 amide bonds. The van der Waals surface area contributed by atoms with Crippen molar-refractivity contribution in [2.45, 2.75) is 13.3 Å². The van der Waals surface area contributed by atoms with E-state index in [0.717, 1.165) is 30.5 Å². The fourth-order valence-corrected chi connectivity index (χ4v) is 1.93. The van der Waals surface area contributed by atoms with Crippen LogP contribution in [0.15, 0.2) is 18.2 Å².